The molecule has 0 saturated carbocycles. The van der Waals surface area contributed by atoms with Crippen molar-refractivity contribution in [2.45, 2.75) is 0 Å². The van der Waals surface area contributed by atoms with Crippen LogP contribution in [-0.4, -0.2) is 28.7 Å². The molecule has 8 aromatic carbocycles. The summed E-state index contributed by atoms with van der Waals surface area (Å²) in [6.45, 7) is 0. The second-order valence-electron chi connectivity index (χ2n) is 14.5. The van der Waals surface area contributed by atoms with E-state index in [1.807, 2.05) is 60.7 Å². The van der Waals surface area contributed by atoms with Crippen LogP contribution in [0.2, 0.25) is 0 Å². The third-order valence-corrected chi connectivity index (χ3v) is 11.3. The van der Waals surface area contributed by atoms with Crippen molar-refractivity contribution < 1.29 is 0 Å². The van der Waals surface area contributed by atoms with E-state index in [2.05, 4.69) is 147 Å². The maximum atomic E-state index is 5.17. The zero-order chi connectivity index (χ0) is 37.5. The molecule has 57 heavy (non-hydrogen) atoms. The van der Waals surface area contributed by atoms with Crippen LogP contribution in [-0.2, 0) is 0 Å². The van der Waals surface area contributed by atoms with E-state index >= 15 is 0 Å². The highest BCUT2D eigenvalue weighted by Crippen LogP contribution is 2.39. The number of hydrogen-bond acceptors (Lipinski definition) is 3. The van der Waals surface area contributed by atoms with Gasteiger partial charge in [-0.05, 0) is 54.6 Å². The van der Waals surface area contributed by atoms with Gasteiger partial charge >= 0.3 is 0 Å². The molecule has 0 fully saturated rings. The van der Waals surface area contributed by atoms with Crippen LogP contribution in [0, 0.1) is 0 Å². The molecule has 0 bridgehead atoms. The maximum Gasteiger partial charge on any atom is 0.238 e. The summed E-state index contributed by atoms with van der Waals surface area (Å²) in [5, 5.41) is 7.18. The van der Waals surface area contributed by atoms with E-state index in [-0.39, 0.29) is 0 Å². The lowest BCUT2D eigenvalue weighted by Gasteiger charge is -2.12. The fourth-order valence-electron chi connectivity index (χ4n) is 8.79. The molecule has 0 atom stereocenters. The van der Waals surface area contributed by atoms with E-state index < -0.39 is 0 Å². The second kappa shape index (κ2) is 12.3. The summed E-state index contributed by atoms with van der Waals surface area (Å²) in [5.41, 5.74) is 10.8. The second-order valence-corrected chi connectivity index (χ2v) is 14.5. The molecule has 6 nitrogen and oxygen atoms in total. The topological polar surface area (TPSA) is 53.5 Å². The molecule has 0 radical (unpaired) electrons. The van der Waals surface area contributed by atoms with Gasteiger partial charge in [0.25, 0.3) is 0 Å². The largest absolute Gasteiger partial charge is 0.309 e. The molecule has 0 spiro atoms. The van der Waals surface area contributed by atoms with Crippen LogP contribution in [0.25, 0.3) is 106 Å². The van der Waals surface area contributed by atoms with Gasteiger partial charge in [-0.15, -0.1) is 0 Å². The van der Waals surface area contributed by atoms with Gasteiger partial charge < -0.3 is 9.13 Å². The van der Waals surface area contributed by atoms with Gasteiger partial charge in [0.1, 0.15) is 0 Å². The van der Waals surface area contributed by atoms with Crippen molar-refractivity contribution in [3.63, 3.8) is 0 Å². The summed E-state index contributed by atoms with van der Waals surface area (Å²) >= 11 is 0. The molecule has 4 aromatic heterocycles. The minimum absolute atomic E-state index is 0.573. The zero-order valence-corrected chi connectivity index (χ0v) is 30.7. The fourth-order valence-corrected chi connectivity index (χ4v) is 8.79. The first kappa shape index (κ1) is 31.5. The van der Waals surface area contributed by atoms with Crippen LogP contribution in [0.4, 0.5) is 0 Å². The van der Waals surface area contributed by atoms with Crippen LogP contribution in [0.5, 0.6) is 0 Å². The van der Waals surface area contributed by atoms with Gasteiger partial charge in [0.2, 0.25) is 5.95 Å². The molecular formula is C51H32N6. The Morgan fingerprint density at radius 2 is 0.649 bits per heavy atom. The molecule has 4 heterocycles. The van der Waals surface area contributed by atoms with E-state index in [4.69, 9.17) is 15.0 Å². The Balaban J connectivity index is 1.10. The minimum Gasteiger partial charge on any atom is -0.309 e. The van der Waals surface area contributed by atoms with E-state index in [9.17, 15) is 0 Å². The number of aromatic nitrogens is 6. The first-order chi connectivity index (χ1) is 28.3. The highest BCUT2D eigenvalue weighted by atomic mass is 15.2. The number of fused-ring (bicyclic) bond motifs is 9. The Hall–Kier alpha value is -7.83. The smallest absolute Gasteiger partial charge is 0.238 e. The maximum absolute atomic E-state index is 5.17. The van der Waals surface area contributed by atoms with Crippen molar-refractivity contribution in [3.05, 3.63) is 194 Å². The summed E-state index contributed by atoms with van der Waals surface area (Å²) in [6, 6.07) is 68.5. The normalized spacial score (nSPS) is 11.9. The molecule has 6 heteroatoms. The SMILES string of the molecule is c1ccc(-c2nc(-c3ccccc3)nc(-n3c4ccccc4c4ccc(-n5c6ccccc6c6cc(-n7c8ccccc8c8ccccc87)ccc65)cc43)n2)cc1. The van der Waals surface area contributed by atoms with Crippen LogP contribution in [0.15, 0.2) is 194 Å². The first-order valence-electron chi connectivity index (χ1n) is 19.2. The summed E-state index contributed by atoms with van der Waals surface area (Å²) in [7, 11) is 0. The summed E-state index contributed by atoms with van der Waals surface area (Å²) in [4.78, 5) is 15.3. The van der Waals surface area contributed by atoms with Gasteiger partial charge in [-0.3, -0.25) is 4.57 Å². The van der Waals surface area contributed by atoms with Crippen molar-refractivity contribution in [2.75, 3.05) is 0 Å². The minimum atomic E-state index is 0.573. The molecule has 0 aliphatic rings. The van der Waals surface area contributed by atoms with Gasteiger partial charge in [-0.1, -0.05) is 140 Å². The first-order valence-corrected chi connectivity index (χ1v) is 19.2. The molecule has 0 amide bonds. The predicted octanol–water partition coefficient (Wildman–Crippen LogP) is 12.5. The van der Waals surface area contributed by atoms with Crippen molar-refractivity contribution in [1.29, 1.82) is 0 Å². The summed E-state index contributed by atoms with van der Waals surface area (Å²) < 4.78 is 6.98. The Morgan fingerprint density at radius 3 is 1.18 bits per heavy atom. The Morgan fingerprint density at radius 1 is 0.263 bits per heavy atom. The van der Waals surface area contributed by atoms with E-state index in [1.165, 1.54) is 32.6 Å². The van der Waals surface area contributed by atoms with E-state index in [1.54, 1.807) is 0 Å². The predicted molar refractivity (Wildman–Crippen MR) is 234 cm³/mol. The number of benzene rings is 8. The van der Waals surface area contributed by atoms with Gasteiger partial charge in [0.15, 0.2) is 11.6 Å². The third kappa shape index (κ3) is 4.81. The average molecular weight is 729 g/mol. The number of rotatable bonds is 5. The summed E-state index contributed by atoms with van der Waals surface area (Å²) in [5.74, 6) is 1.83. The van der Waals surface area contributed by atoms with Gasteiger partial charge in [0.05, 0.1) is 33.1 Å². The highest BCUT2D eigenvalue weighted by molar-refractivity contribution is 6.13. The molecule has 0 N–H and O–H groups in total. The molecule has 0 aliphatic heterocycles. The highest BCUT2D eigenvalue weighted by Gasteiger charge is 2.21. The van der Waals surface area contributed by atoms with E-state index in [0.717, 1.165) is 55.3 Å². The van der Waals surface area contributed by atoms with Crippen molar-refractivity contribution >= 4 is 65.4 Å². The Kier molecular flexibility index (Phi) is 6.83. The lowest BCUT2D eigenvalue weighted by Crippen LogP contribution is -2.06. The van der Waals surface area contributed by atoms with Gasteiger partial charge in [0, 0.05) is 54.8 Å². The van der Waals surface area contributed by atoms with Crippen molar-refractivity contribution in [3.8, 4) is 40.1 Å². The zero-order valence-electron chi connectivity index (χ0n) is 30.7. The summed E-state index contributed by atoms with van der Waals surface area (Å²) in [6.07, 6.45) is 0. The number of nitrogens with zero attached hydrogens (tertiary/aromatic N) is 6. The molecule has 12 aromatic rings. The standard InChI is InChI=1S/C51H32N6/c1-3-15-33(16-4-1)49-52-50(34-17-5-2-6-18-34)54-51(53-49)57-46-26-14-9-21-39(46)41-29-27-36(32-48(41)57)56-45-25-13-10-22-40(45)42-31-35(28-30-47(42)56)55-43-23-11-7-19-37(43)38-20-8-12-24-44(38)55/h1-32H. The molecule has 266 valence electrons. The van der Waals surface area contributed by atoms with Gasteiger partial charge in [-0.25, -0.2) is 4.98 Å². The number of hydrogen-bond donors (Lipinski definition) is 0. The van der Waals surface area contributed by atoms with Crippen LogP contribution < -0.4 is 0 Å². The Bertz CT molecular complexity index is 3410. The lowest BCUT2D eigenvalue weighted by molar-refractivity contribution is 0.953. The molecule has 0 aliphatic carbocycles. The van der Waals surface area contributed by atoms with Crippen LogP contribution in [0.1, 0.15) is 0 Å². The quantitative estimate of drug-likeness (QED) is 0.177. The number of para-hydroxylation sites is 4. The third-order valence-electron chi connectivity index (χ3n) is 11.3. The molecule has 0 unspecified atom stereocenters. The monoisotopic (exact) mass is 728 g/mol. The van der Waals surface area contributed by atoms with Gasteiger partial charge in [-0.2, -0.15) is 9.97 Å². The Labute approximate surface area is 327 Å². The molecule has 12 rings (SSSR count). The molecular weight excluding hydrogens is 697 g/mol. The van der Waals surface area contributed by atoms with Crippen LogP contribution in [0.3, 0.4) is 0 Å². The average Bonchev–Trinajstić information content (AvgIpc) is 3.92. The van der Waals surface area contributed by atoms with Crippen LogP contribution >= 0.6 is 0 Å². The van der Waals surface area contributed by atoms with Crippen molar-refractivity contribution in [1.82, 2.24) is 28.7 Å². The van der Waals surface area contributed by atoms with E-state index in [0.29, 0.717) is 17.6 Å². The molecule has 0 saturated heterocycles. The lowest BCUT2D eigenvalue weighted by atomic mass is 10.1. The fraction of sp³-hybridized carbons (Fsp3) is 0. The van der Waals surface area contributed by atoms with Crippen molar-refractivity contribution in [2.24, 2.45) is 0 Å².